The minimum atomic E-state index is -4.39. The van der Waals surface area contributed by atoms with Crippen molar-refractivity contribution >= 4 is 0 Å². The lowest BCUT2D eigenvalue weighted by Gasteiger charge is -2.24. The van der Waals surface area contributed by atoms with Gasteiger partial charge in [-0.05, 0) is 73.7 Å². The van der Waals surface area contributed by atoms with Crippen LogP contribution in [0.25, 0.3) is 0 Å². The van der Waals surface area contributed by atoms with Gasteiger partial charge in [-0.25, -0.2) is 0 Å². The van der Waals surface area contributed by atoms with Crippen molar-refractivity contribution < 1.29 is 35.8 Å². The topological polar surface area (TPSA) is 33.7 Å². The highest BCUT2D eigenvalue weighted by molar-refractivity contribution is 5.32. The quantitative estimate of drug-likeness (QED) is 0.116. The molecule has 270 valence electrons. The van der Waals surface area contributed by atoms with E-state index >= 15 is 0 Å². The van der Waals surface area contributed by atoms with Gasteiger partial charge in [0.25, 0.3) is 0 Å². The molecule has 2 atom stereocenters. The zero-order valence-electron chi connectivity index (χ0n) is 28.5. The smallest absolute Gasteiger partial charge is 0.416 e. The summed E-state index contributed by atoms with van der Waals surface area (Å²) in [6, 6.07) is 39.3. The highest BCUT2D eigenvalue weighted by atomic mass is 19.4. The van der Waals surface area contributed by atoms with Gasteiger partial charge < -0.3 is 19.7 Å². The highest BCUT2D eigenvalue weighted by Gasteiger charge is 2.32. The Bertz CT molecular complexity index is 1720. The molecule has 5 rings (SSSR count). The van der Waals surface area contributed by atoms with Gasteiger partial charge in [0.1, 0.15) is 23.7 Å². The number of hydrogen-bond acceptors (Lipinski definition) is 4. The van der Waals surface area contributed by atoms with Crippen molar-refractivity contribution in [3.63, 3.8) is 0 Å². The fourth-order valence-electron chi connectivity index (χ4n) is 5.33. The Morgan fingerprint density at radius 1 is 0.569 bits per heavy atom. The number of rotatable bonds is 14. The molecule has 0 amide bonds. The Morgan fingerprint density at radius 2 is 1.00 bits per heavy atom. The van der Waals surface area contributed by atoms with E-state index in [1.807, 2.05) is 93.0 Å². The minimum Gasteiger partial charge on any atom is -0.486 e. The highest BCUT2D eigenvalue weighted by Crippen LogP contribution is 2.34. The first-order chi connectivity index (χ1) is 24.4. The van der Waals surface area contributed by atoms with Crippen LogP contribution < -0.4 is 14.8 Å². The zero-order valence-corrected chi connectivity index (χ0v) is 28.5. The van der Waals surface area contributed by atoms with E-state index in [9.17, 15) is 26.3 Å². The molecule has 1 N–H and O–H groups in total. The predicted molar refractivity (Wildman–Crippen MR) is 188 cm³/mol. The Labute approximate surface area is 295 Å². The second kappa shape index (κ2) is 19.0. The maximum Gasteiger partial charge on any atom is 0.416 e. The summed E-state index contributed by atoms with van der Waals surface area (Å²) in [6.45, 7) is 2.25. The monoisotopic (exact) mass is 708 g/mol. The predicted octanol–water partition coefficient (Wildman–Crippen LogP) is 10.8. The molecule has 0 aromatic heterocycles. The summed E-state index contributed by atoms with van der Waals surface area (Å²) in [6.07, 6.45) is -8.07. The van der Waals surface area contributed by atoms with Crippen LogP contribution in [0.15, 0.2) is 140 Å². The summed E-state index contributed by atoms with van der Waals surface area (Å²) < 4.78 is 89.2. The van der Waals surface area contributed by atoms with Gasteiger partial charge in [0.2, 0.25) is 0 Å². The van der Waals surface area contributed by atoms with E-state index in [1.165, 1.54) is 17.7 Å². The lowest BCUT2D eigenvalue weighted by atomic mass is 10.1. The number of nitrogens with zero attached hydrogens (tertiary/aromatic N) is 1. The summed E-state index contributed by atoms with van der Waals surface area (Å²) in [5.74, 6) is 0.444. The Balaban J connectivity index is 0.000000238. The van der Waals surface area contributed by atoms with Crippen LogP contribution in [0.3, 0.4) is 0 Å². The first-order valence-electron chi connectivity index (χ1n) is 16.6. The number of halogens is 6. The number of nitrogens with one attached hydrogen (secondary N) is 1. The van der Waals surface area contributed by atoms with Gasteiger partial charge in [-0.2, -0.15) is 26.3 Å². The van der Waals surface area contributed by atoms with Crippen molar-refractivity contribution in [3.8, 4) is 11.5 Å². The molecule has 5 aromatic carbocycles. The van der Waals surface area contributed by atoms with E-state index < -0.39 is 23.5 Å². The molecule has 10 heteroatoms. The molecule has 0 aliphatic heterocycles. The Morgan fingerprint density at radius 3 is 1.43 bits per heavy atom. The van der Waals surface area contributed by atoms with Gasteiger partial charge in [-0.3, -0.25) is 0 Å². The lowest BCUT2D eigenvalue weighted by molar-refractivity contribution is -0.138. The standard InChI is InChI=1S/C24H24F3NO.C17H18F3NO/c1-28(18-19-9-4-2-5-10-19)16-15-23(20-11-6-3-7-12-20)29-22-14-8-13-21(17-22)24(25,26)27;1-21-11-10-16(13-6-3-2-4-7-13)22-15-9-5-8-14(12-15)17(18,19)20/h2-14,17,23H,15-16,18H2,1H3;2-9,12,16,21H,10-11H2,1H3. The van der Waals surface area contributed by atoms with Gasteiger partial charge in [-0.15, -0.1) is 0 Å². The molecular formula is C41H42F6N2O2. The van der Waals surface area contributed by atoms with Gasteiger partial charge in [-0.1, -0.05) is 103 Å². The van der Waals surface area contributed by atoms with Crippen LogP contribution in [-0.2, 0) is 18.9 Å². The van der Waals surface area contributed by atoms with E-state index in [0.717, 1.165) is 48.5 Å². The SMILES string of the molecule is CN(CCC(Oc1cccc(C(F)(F)F)c1)c1ccccc1)Cc1ccccc1.CNCCC(Oc1cccc(C(F)(F)F)c1)c1ccccc1. The molecule has 5 aromatic rings. The Hall–Kier alpha value is -4.80. The minimum absolute atomic E-state index is 0.222. The van der Waals surface area contributed by atoms with Gasteiger partial charge in [0.05, 0.1) is 11.1 Å². The van der Waals surface area contributed by atoms with E-state index in [2.05, 4.69) is 22.3 Å². The van der Waals surface area contributed by atoms with Crippen molar-refractivity contribution in [1.82, 2.24) is 10.2 Å². The summed E-state index contributed by atoms with van der Waals surface area (Å²) in [7, 11) is 3.85. The van der Waals surface area contributed by atoms with Crippen LogP contribution in [0.1, 0.15) is 52.9 Å². The molecule has 0 saturated carbocycles. The first kappa shape index (κ1) is 39.0. The third-order valence-electron chi connectivity index (χ3n) is 7.95. The molecule has 0 aliphatic carbocycles. The average molecular weight is 709 g/mol. The summed E-state index contributed by atoms with van der Waals surface area (Å²) in [5, 5.41) is 3.03. The second-order valence-electron chi connectivity index (χ2n) is 12.0. The van der Waals surface area contributed by atoms with E-state index in [-0.39, 0.29) is 23.7 Å². The number of alkyl halides is 6. The van der Waals surface area contributed by atoms with Crippen molar-refractivity contribution in [2.75, 3.05) is 27.2 Å². The van der Waals surface area contributed by atoms with Crippen LogP contribution in [0.4, 0.5) is 26.3 Å². The van der Waals surface area contributed by atoms with Crippen molar-refractivity contribution in [1.29, 1.82) is 0 Å². The lowest BCUT2D eigenvalue weighted by Crippen LogP contribution is -2.22. The van der Waals surface area contributed by atoms with Crippen LogP contribution in [0.5, 0.6) is 11.5 Å². The van der Waals surface area contributed by atoms with E-state index in [0.29, 0.717) is 19.4 Å². The molecule has 0 fully saturated rings. The maximum absolute atomic E-state index is 13.0. The third-order valence-corrected chi connectivity index (χ3v) is 7.95. The molecule has 51 heavy (non-hydrogen) atoms. The van der Waals surface area contributed by atoms with Crippen LogP contribution in [-0.4, -0.2) is 32.1 Å². The van der Waals surface area contributed by atoms with Crippen LogP contribution >= 0.6 is 0 Å². The van der Waals surface area contributed by atoms with E-state index in [4.69, 9.17) is 9.47 Å². The van der Waals surface area contributed by atoms with Gasteiger partial charge >= 0.3 is 12.4 Å². The van der Waals surface area contributed by atoms with Crippen molar-refractivity contribution in [2.45, 2.75) is 43.9 Å². The summed E-state index contributed by atoms with van der Waals surface area (Å²) >= 11 is 0. The first-order valence-corrected chi connectivity index (χ1v) is 16.6. The molecule has 0 heterocycles. The second-order valence-corrected chi connectivity index (χ2v) is 12.0. The number of benzene rings is 5. The maximum atomic E-state index is 13.0. The van der Waals surface area contributed by atoms with Crippen LogP contribution in [0, 0.1) is 0 Å². The number of hydrogen-bond donors (Lipinski definition) is 1. The average Bonchev–Trinajstić information content (AvgIpc) is 3.13. The van der Waals surface area contributed by atoms with Crippen molar-refractivity contribution in [2.24, 2.45) is 0 Å². The number of ether oxygens (including phenoxy) is 2. The van der Waals surface area contributed by atoms with Gasteiger partial charge in [0, 0.05) is 25.9 Å². The molecule has 4 nitrogen and oxygen atoms in total. The zero-order chi connectivity index (χ0) is 36.7. The molecule has 0 radical (unpaired) electrons. The Kier molecular flexibility index (Phi) is 14.5. The normalized spacial score (nSPS) is 12.8. The fraction of sp³-hybridized carbons (Fsp3) is 0.268. The third kappa shape index (κ3) is 13.1. The van der Waals surface area contributed by atoms with Crippen LogP contribution in [0.2, 0.25) is 0 Å². The molecule has 2 unspecified atom stereocenters. The summed E-state index contributed by atoms with van der Waals surface area (Å²) in [4.78, 5) is 2.18. The summed E-state index contributed by atoms with van der Waals surface area (Å²) in [5.41, 5.74) is 1.69. The molecule has 0 saturated heterocycles. The molecular weight excluding hydrogens is 666 g/mol. The molecule has 0 spiro atoms. The largest absolute Gasteiger partial charge is 0.486 e. The molecule has 0 bridgehead atoms. The van der Waals surface area contributed by atoms with Gasteiger partial charge in [0.15, 0.2) is 0 Å². The molecule has 0 aliphatic rings. The van der Waals surface area contributed by atoms with Crippen molar-refractivity contribution in [3.05, 3.63) is 167 Å². The fourth-order valence-corrected chi connectivity index (χ4v) is 5.33. The van der Waals surface area contributed by atoms with E-state index in [1.54, 1.807) is 12.1 Å².